The van der Waals surface area contributed by atoms with Crippen molar-refractivity contribution in [1.82, 2.24) is 4.98 Å². The summed E-state index contributed by atoms with van der Waals surface area (Å²) < 4.78 is 6.63. The van der Waals surface area contributed by atoms with Crippen molar-refractivity contribution in [3.05, 3.63) is 41.7 Å². The lowest BCUT2D eigenvalue weighted by Crippen LogP contribution is -2.44. The summed E-state index contributed by atoms with van der Waals surface area (Å²) >= 11 is 0. The fourth-order valence-electron chi connectivity index (χ4n) is 2.88. The van der Waals surface area contributed by atoms with Crippen LogP contribution in [0.4, 0.5) is 0 Å². The molecule has 2 rings (SSSR count). The molecule has 0 N–H and O–H groups in total. The fourth-order valence-corrected chi connectivity index (χ4v) is 4.31. The summed E-state index contributed by atoms with van der Waals surface area (Å²) in [4.78, 5) is 4.46. The van der Waals surface area contributed by atoms with Crippen molar-refractivity contribution in [2.45, 2.75) is 83.5 Å². The number of pyridine rings is 1. The van der Waals surface area contributed by atoms with Gasteiger partial charge in [0.2, 0.25) is 0 Å². The predicted molar refractivity (Wildman–Crippen MR) is 101 cm³/mol. The molecule has 3 heteroatoms. The summed E-state index contributed by atoms with van der Waals surface area (Å²) in [5, 5.41) is 0.301. The molecule has 1 aromatic heterocycles. The average molecular weight is 332 g/mol. The standard InChI is InChI=1S/C20H33NOSi/c1-20(2,3)23(4,5)22-19-13-8-10-17(11-9-14-19)16-18-12-6-7-15-21-18/h6-7,10,12,15,19H,8-9,11,13-14,16H2,1-5H3. The van der Waals surface area contributed by atoms with E-state index in [4.69, 9.17) is 4.43 Å². The first-order chi connectivity index (χ1) is 10.8. The number of rotatable bonds is 4. The summed E-state index contributed by atoms with van der Waals surface area (Å²) in [6.07, 6.45) is 11.7. The van der Waals surface area contributed by atoms with Gasteiger partial charge < -0.3 is 4.43 Å². The van der Waals surface area contributed by atoms with E-state index in [1.54, 1.807) is 5.57 Å². The van der Waals surface area contributed by atoms with Gasteiger partial charge in [-0.1, -0.05) is 38.5 Å². The maximum atomic E-state index is 6.63. The van der Waals surface area contributed by atoms with E-state index in [-0.39, 0.29) is 0 Å². The van der Waals surface area contributed by atoms with Crippen LogP contribution in [0.3, 0.4) is 0 Å². The highest BCUT2D eigenvalue weighted by Crippen LogP contribution is 2.38. The molecule has 1 aliphatic carbocycles. The van der Waals surface area contributed by atoms with E-state index in [9.17, 15) is 0 Å². The largest absolute Gasteiger partial charge is 0.414 e. The van der Waals surface area contributed by atoms with E-state index in [0.717, 1.165) is 19.3 Å². The Kier molecular flexibility index (Phi) is 6.21. The number of hydrogen-bond acceptors (Lipinski definition) is 2. The van der Waals surface area contributed by atoms with Crippen molar-refractivity contribution in [1.29, 1.82) is 0 Å². The molecular formula is C20H33NOSi. The second-order valence-electron chi connectivity index (χ2n) is 8.33. The Morgan fingerprint density at radius 1 is 1.22 bits per heavy atom. The second-order valence-corrected chi connectivity index (χ2v) is 13.1. The molecule has 2 nitrogen and oxygen atoms in total. The predicted octanol–water partition coefficient (Wildman–Crippen LogP) is 5.91. The first kappa shape index (κ1) is 18.4. The Morgan fingerprint density at radius 2 is 2.00 bits per heavy atom. The van der Waals surface area contributed by atoms with Crippen molar-refractivity contribution in [3.63, 3.8) is 0 Å². The van der Waals surface area contributed by atoms with Gasteiger partial charge >= 0.3 is 0 Å². The lowest BCUT2D eigenvalue weighted by Gasteiger charge is -2.39. The van der Waals surface area contributed by atoms with Crippen LogP contribution in [0.25, 0.3) is 0 Å². The average Bonchev–Trinajstić information content (AvgIpc) is 2.43. The zero-order valence-electron chi connectivity index (χ0n) is 15.6. The molecule has 0 aliphatic heterocycles. The molecule has 0 radical (unpaired) electrons. The zero-order valence-corrected chi connectivity index (χ0v) is 16.6. The van der Waals surface area contributed by atoms with E-state index >= 15 is 0 Å². The Bertz CT molecular complexity index is 516. The van der Waals surface area contributed by atoms with Crippen LogP contribution < -0.4 is 0 Å². The number of allylic oxidation sites excluding steroid dienone is 2. The molecule has 0 saturated heterocycles. The molecule has 0 amide bonds. The van der Waals surface area contributed by atoms with Crippen LogP contribution in [0, 0.1) is 0 Å². The smallest absolute Gasteiger partial charge is 0.192 e. The third-order valence-electron chi connectivity index (χ3n) is 5.35. The lowest BCUT2D eigenvalue weighted by atomic mass is 9.95. The van der Waals surface area contributed by atoms with Gasteiger partial charge in [-0.2, -0.15) is 0 Å². The molecule has 1 aromatic rings. The van der Waals surface area contributed by atoms with Crippen LogP contribution in [0.2, 0.25) is 18.1 Å². The van der Waals surface area contributed by atoms with Gasteiger partial charge in [-0.05, 0) is 62.4 Å². The number of hydrogen-bond donors (Lipinski definition) is 0. The summed E-state index contributed by atoms with van der Waals surface area (Å²) in [6, 6.07) is 6.19. The van der Waals surface area contributed by atoms with Crippen LogP contribution in [0.1, 0.15) is 58.6 Å². The normalized spacial score (nSPS) is 20.6. The maximum Gasteiger partial charge on any atom is 0.192 e. The molecule has 0 fully saturated rings. The van der Waals surface area contributed by atoms with Crippen molar-refractivity contribution >= 4 is 8.32 Å². The van der Waals surface area contributed by atoms with E-state index in [0.29, 0.717) is 11.1 Å². The molecule has 0 aromatic carbocycles. The number of aromatic nitrogens is 1. The summed E-state index contributed by atoms with van der Waals surface area (Å²) in [7, 11) is -1.64. The van der Waals surface area contributed by atoms with Crippen LogP contribution in [-0.4, -0.2) is 19.4 Å². The van der Waals surface area contributed by atoms with Gasteiger partial charge in [0.1, 0.15) is 0 Å². The third-order valence-corrected chi connectivity index (χ3v) is 9.88. The van der Waals surface area contributed by atoms with Crippen molar-refractivity contribution in [3.8, 4) is 0 Å². The molecule has 0 saturated carbocycles. The van der Waals surface area contributed by atoms with Crippen LogP contribution in [-0.2, 0) is 10.8 Å². The van der Waals surface area contributed by atoms with Gasteiger partial charge in [-0.15, -0.1) is 0 Å². The van der Waals surface area contributed by atoms with E-state index in [2.05, 4.69) is 57.1 Å². The summed E-state index contributed by atoms with van der Waals surface area (Å²) in [5.74, 6) is 0. The van der Waals surface area contributed by atoms with E-state index in [1.807, 2.05) is 12.3 Å². The van der Waals surface area contributed by atoms with E-state index in [1.165, 1.54) is 25.0 Å². The van der Waals surface area contributed by atoms with Crippen molar-refractivity contribution < 1.29 is 4.43 Å². The lowest BCUT2D eigenvalue weighted by molar-refractivity contribution is 0.158. The topological polar surface area (TPSA) is 22.1 Å². The molecule has 1 heterocycles. The van der Waals surface area contributed by atoms with Crippen LogP contribution >= 0.6 is 0 Å². The molecule has 23 heavy (non-hydrogen) atoms. The molecule has 128 valence electrons. The highest BCUT2D eigenvalue weighted by molar-refractivity contribution is 6.74. The Labute approximate surface area is 143 Å². The molecule has 0 spiro atoms. The monoisotopic (exact) mass is 331 g/mol. The minimum absolute atomic E-state index is 0.301. The Balaban J connectivity index is 1.91. The van der Waals surface area contributed by atoms with Gasteiger partial charge in [-0.3, -0.25) is 4.98 Å². The zero-order chi connectivity index (χ0) is 16.9. The quantitative estimate of drug-likeness (QED) is 0.506. The minimum Gasteiger partial charge on any atom is -0.414 e. The second kappa shape index (κ2) is 7.76. The minimum atomic E-state index is -1.64. The summed E-state index contributed by atoms with van der Waals surface area (Å²) in [6.45, 7) is 11.7. The van der Waals surface area contributed by atoms with Gasteiger partial charge in [0.25, 0.3) is 0 Å². The first-order valence-corrected chi connectivity index (χ1v) is 11.9. The first-order valence-electron chi connectivity index (χ1n) is 9.03. The third kappa shape index (κ3) is 5.57. The van der Waals surface area contributed by atoms with Crippen molar-refractivity contribution in [2.75, 3.05) is 0 Å². The molecule has 1 aliphatic rings. The van der Waals surface area contributed by atoms with Gasteiger partial charge in [0, 0.05) is 24.4 Å². The highest BCUT2D eigenvalue weighted by Gasteiger charge is 2.38. The Morgan fingerprint density at radius 3 is 2.65 bits per heavy atom. The molecule has 1 unspecified atom stereocenters. The van der Waals surface area contributed by atoms with Gasteiger partial charge in [-0.25, -0.2) is 0 Å². The number of nitrogens with zero attached hydrogens (tertiary/aromatic N) is 1. The van der Waals surface area contributed by atoms with Gasteiger partial charge in [0.05, 0.1) is 0 Å². The highest BCUT2D eigenvalue weighted by atomic mass is 28.4. The van der Waals surface area contributed by atoms with Crippen LogP contribution in [0.5, 0.6) is 0 Å². The summed E-state index contributed by atoms with van der Waals surface area (Å²) in [5.41, 5.74) is 2.74. The van der Waals surface area contributed by atoms with Crippen molar-refractivity contribution in [2.24, 2.45) is 0 Å². The molecule has 1 atom stereocenters. The van der Waals surface area contributed by atoms with Crippen LogP contribution in [0.15, 0.2) is 36.0 Å². The van der Waals surface area contributed by atoms with Gasteiger partial charge in [0.15, 0.2) is 8.32 Å². The SMILES string of the molecule is CC(C)(C)[Si](C)(C)OC1CCC=C(Cc2ccccn2)CCC1. The molecule has 0 bridgehead atoms. The Hall–Kier alpha value is -0.933. The fraction of sp³-hybridized carbons (Fsp3) is 0.650. The maximum absolute atomic E-state index is 6.63. The molecular weight excluding hydrogens is 298 g/mol. The van der Waals surface area contributed by atoms with E-state index < -0.39 is 8.32 Å².